The molecule has 1 saturated heterocycles. The molecule has 0 spiro atoms. The van der Waals surface area contributed by atoms with Gasteiger partial charge in [0.1, 0.15) is 0 Å². The normalized spacial score (nSPS) is 19.2. The van der Waals surface area contributed by atoms with Crippen molar-refractivity contribution in [3.05, 3.63) is 29.3 Å². The van der Waals surface area contributed by atoms with E-state index in [1.54, 1.807) is 19.1 Å². The molecule has 0 aromatic heterocycles. The maximum absolute atomic E-state index is 12.8. The highest BCUT2D eigenvalue weighted by Crippen LogP contribution is 2.22. The molecule has 5 nitrogen and oxygen atoms in total. The molecule has 0 aliphatic carbocycles. The maximum Gasteiger partial charge on any atom is 0.254 e. The number of rotatable bonds is 4. The zero-order valence-corrected chi connectivity index (χ0v) is 14.2. The molecule has 1 heterocycles. The van der Waals surface area contributed by atoms with Gasteiger partial charge < -0.3 is 4.90 Å². The van der Waals surface area contributed by atoms with Gasteiger partial charge in [0.25, 0.3) is 5.91 Å². The number of likely N-dealkylation sites (tertiary alicyclic amines) is 1. The third kappa shape index (κ3) is 3.50. The third-order valence-corrected chi connectivity index (χ3v) is 5.69. The van der Waals surface area contributed by atoms with Crippen LogP contribution in [0.5, 0.6) is 0 Å². The van der Waals surface area contributed by atoms with Crippen LogP contribution in [0.2, 0.25) is 0 Å². The van der Waals surface area contributed by atoms with Crippen LogP contribution in [0.4, 0.5) is 0 Å². The summed E-state index contributed by atoms with van der Waals surface area (Å²) in [4.78, 5) is 14.8. The molecule has 1 aromatic rings. The number of sulfonamides is 1. The van der Waals surface area contributed by atoms with Crippen molar-refractivity contribution in [1.82, 2.24) is 9.62 Å². The molecule has 0 radical (unpaired) electrons. The number of amides is 1. The smallest absolute Gasteiger partial charge is 0.254 e. The Morgan fingerprint density at radius 3 is 2.73 bits per heavy atom. The van der Waals surface area contributed by atoms with Gasteiger partial charge in [-0.3, -0.25) is 4.79 Å². The van der Waals surface area contributed by atoms with Crippen LogP contribution in [0.15, 0.2) is 23.1 Å². The summed E-state index contributed by atoms with van der Waals surface area (Å²) in [5, 5.41) is 0. The minimum atomic E-state index is -3.55. The lowest BCUT2D eigenvalue weighted by Gasteiger charge is -2.34. The first-order valence-corrected chi connectivity index (χ1v) is 9.26. The molecule has 1 atom stereocenters. The summed E-state index contributed by atoms with van der Waals surface area (Å²) >= 11 is 0. The van der Waals surface area contributed by atoms with E-state index in [2.05, 4.69) is 4.72 Å². The van der Waals surface area contributed by atoms with E-state index in [-0.39, 0.29) is 16.8 Å². The first kappa shape index (κ1) is 17.0. The minimum absolute atomic E-state index is 0.0711. The highest BCUT2D eigenvalue weighted by molar-refractivity contribution is 7.89. The van der Waals surface area contributed by atoms with Gasteiger partial charge in [-0.05, 0) is 50.8 Å². The van der Waals surface area contributed by atoms with E-state index in [4.69, 9.17) is 0 Å². The van der Waals surface area contributed by atoms with Crippen LogP contribution in [0.25, 0.3) is 0 Å². The van der Waals surface area contributed by atoms with Crippen molar-refractivity contribution in [2.24, 2.45) is 0 Å². The van der Waals surface area contributed by atoms with E-state index in [9.17, 15) is 13.2 Å². The largest absolute Gasteiger partial charge is 0.336 e. The predicted molar refractivity (Wildman–Crippen MR) is 86.4 cm³/mol. The first-order chi connectivity index (χ1) is 10.4. The van der Waals surface area contributed by atoms with Crippen molar-refractivity contribution in [1.29, 1.82) is 0 Å². The van der Waals surface area contributed by atoms with Gasteiger partial charge in [-0.15, -0.1) is 0 Å². The van der Waals surface area contributed by atoms with E-state index in [0.717, 1.165) is 31.4 Å². The van der Waals surface area contributed by atoms with Gasteiger partial charge in [-0.2, -0.15) is 0 Å². The number of benzene rings is 1. The van der Waals surface area contributed by atoms with Gasteiger partial charge in [-0.1, -0.05) is 13.0 Å². The molecule has 1 aromatic carbocycles. The average molecular weight is 324 g/mol. The quantitative estimate of drug-likeness (QED) is 0.924. The van der Waals surface area contributed by atoms with Gasteiger partial charge >= 0.3 is 0 Å². The molecule has 1 N–H and O–H groups in total. The highest BCUT2D eigenvalue weighted by Gasteiger charge is 2.26. The number of carbonyl (C=O) groups is 1. The molecule has 0 saturated carbocycles. The van der Waals surface area contributed by atoms with E-state index in [1.807, 2.05) is 18.7 Å². The fourth-order valence-electron chi connectivity index (χ4n) is 2.83. The van der Waals surface area contributed by atoms with Crippen LogP contribution in [-0.2, 0) is 10.0 Å². The summed E-state index contributed by atoms with van der Waals surface area (Å²) in [5.41, 5.74) is 1.28. The summed E-state index contributed by atoms with van der Waals surface area (Å²) in [6.45, 7) is 6.68. The van der Waals surface area contributed by atoms with E-state index >= 15 is 0 Å². The zero-order chi connectivity index (χ0) is 16.3. The summed E-state index contributed by atoms with van der Waals surface area (Å²) in [5.74, 6) is -0.0711. The second-order valence-corrected chi connectivity index (χ2v) is 7.59. The SMILES string of the molecule is CCNS(=O)(=O)c1ccc(C)c(C(=O)N2CCCCC2C)c1. The number of hydrogen-bond acceptors (Lipinski definition) is 3. The molecule has 0 bridgehead atoms. The molecule has 1 fully saturated rings. The Balaban J connectivity index is 2.36. The lowest BCUT2D eigenvalue weighted by molar-refractivity contribution is 0.0634. The van der Waals surface area contributed by atoms with Gasteiger partial charge in [0.05, 0.1) is 4.90 Å². The molecule has 1 aliphatic rings. The van der Waals surface area contributed by atoms with Crippen LogP contribution >= 0.6 is 0 Å². The van der Waals surface area contributed by atoms with Gasteiger partial charge in [0.15, 0.2) is 0 Å². The van der Waals surface area contributed by atoms with Gasteiger partial charge in [-0.25, -0.2) is 13.1 Å². The second-order valence-electron chi connectivity index (χ2n) is 5.82. The highest BCUT2D eigenvalue weighted by atomic mass is 32.2. The van der Waals surface area contributed by atoms with E-state index in [1.165, 1.54) is 6.07 Å². The maximum atomic E-state index is 12.8. The number of carbonyl (C=O) groups excluding carboxylic acids is 1. The molecular weight excluding hydrogens is 300 g/mol. The lowest BCUT2D eigenvalue weighted by atomic mass is 10.0. The fraction of sp³-hybridized carbons (Fsp3) is 0.562. The van der Waals surface area contributed by atoms with Crippen LogP contribution in [0.1, 0.15) is 49.0 Å². The Morgan fingerprint density at radius 2 is 2.09 bits per heavy atom. The molecule has 122 valence electrons. The zero-order valence-electron chi connectivity index (χ0n) is 13.4. The number of nitrogens with zero attached hydrogens (tertiary/aromatic N) is 1. The molecule has 1 unspecified atom stereocenters. The second kappa shape index (κ2) is 6.79. The third-order valence-electron chi connectivity index (χ3n) is 4.15. The fourth-order valence-corrected chi connectivity index (χ4v) is 3.89. The standard InChI is InChI=1S/C16H24N2O3S/c1-4-17-22(20,21)14-9-8-12(2)15(11-14)16(19)18-10-6-5-7-13(18)3/h8-9,11,13,17H,4-7,10H2,1-3H3. The van der Waals surface area contributed by atoms with Gasteiger partial charge in [0.2, 0.25) is 10.0 Å². The molecule has 22 heavy (non-hydrogen) atoms. The molecule has 1 aliphatic heterocycles. The van der Waals surface area contributed by atoms with Crippen LogP contribution in [0, 0.1) is 6.92 Å². The number of hydrogen-bond donors (Lipinski definition) is 1. The Labute approximate surface area is 132 Å². The van der Waals surface area contributed by atoms with E-state index < -0.39 is 10.0 Å². The number of aryl methyl sites for hydroxylation is 1. The first-order valence-electron chi connectivity index (χ1n) is 7.78. The number of piperidine rings is 1. The lowest BCUT2D eigenvalue weighted by Crippen LogP contribution is -2.42. The average Bonchev–Trinajstić information content (AvgIpc) is 2.47. The van der Waals surface area contributed by atoms with Crippen LogP contribution in [0.3, 0.4) is 0 Å². The van der Waals surface area contributed by atoms with Crippen molar-refractivity contribution in [2.45, 2.75) is 51.0 Å². The van der Waals surface area contributed by atoms with Crippen LogP contribution < -0.4 is 4.72 Å². The predicted octanol–water partition coefficient (Wildman–Crippen LogP) is 2.31. The molecular formula is C16H24N2O3S. The summed E-state index contributed by atoms with van der Waals surface area (Å²) < 4.78 is 26.7. The number of nitrogens with one attached hydrogen (secondary N) is 1. The monoisotopic (exact) mass is 324 g/mol. The Kier molecular flexibility index (Phi) is 5.24. The van der Waals surface area contributed by atoms with Crippen molar-refractivity contribution >= 4 is 15.9 Å². The van der Waals surface area contributed by atoms with Crippen LogP contribution in [-0.4, -0.2) is 38.4 Å². The Morgan fingerprint density at radius 1 is 1.36 bits per heavy atom. The van der Waals surface area contributed by atoms with E-state index in [0.29, 0.717) is 12.1 Å². The summed E-state index contributed by atoms with van der Waals surface area (Å²) in [7, 11) is -3.55. The van der Waals surface area contributed by atoms with Crippen molar-refractivity contribution in [3.8, 4) is 0 Å². The molecule has 6 heteroatoms. The van der Waals surface area contributed by atoms with Gasteiger partial charge in [0, 0.05) is 24.7 Å². The van der Waals surface area contributed by atoms with Crippen molar-refractivity contribution in [2.75, 3.05) is 13.1 Å². The molecule has 2 rings (SSSR count). The Hall–Kier alpha value is -1.40. The Bertz CT molecular complexity index is 655. The minimum Gasteiger partial charge on any atom is -0.336 e. The molecule has 1 amide bonds. The summed E-state index contributed by atoms with van der Waals surface area (Å²) in [6.07, 6.45) is 3.14. The summed E-state index contributed by atoms with van der Waals surface area (Å²) in [6, 6.07) is 4.95. The van der Waals surface area contributed by atoms with Crippen molar-refractivity contribution in [3.63, 3.8) is 0 Å². The topological polar surface area (TPSA) is 66.5 Å². The van der Waals surface area contributed by atoms with Crippen molar-refractivity contribution < 1.29 is 13.2 Å².